The number of hydrogen-bond acceptors (Lipinski definition) is 6. The number of ether oxygens (including phenoxy) is 1. The molecule has 6 nitrogen and oxygen atoms in total. The zero-order chi connectivity index (χ0) is 15.6. The molecule has 0 aliphatic carbocycles. The Morgan fingerprint density at radius 3 is 1.86 bits per heavy atom. The minimum atomic E-state index is -0.791. The summed E-state index contributed by atoms with van der Waals surface area (Å²) in [6.07, 6.45) is 0. The minimum Gasteiger partial charge on any atom is -0.399 e. The molecule has 0 atom stereocenters. The van der Waals surface area contributed by atoms with E-state index < -0.39 is 11.9 Å². The van der Waals surface area contributed by atoms with Crippen molar-refractivity contribution in [2.75, 3.05) is 17.2 Å². The van der Waals surface area contributed by atoms with Crippen molar-refractivity contribution in [3.8, 4) is 0 Å². The third-order valence-corrected chi connectivity index (χ3v) is 3.01. The van der Waals surface area contributed by atoms with Gasteiger partial charge < -0.3 is 21.9 Å². The molecule has 2 aromatic rings. The van der Waals surface area contributed by atoms with E-state index in [1.54, 1.807) is 19.1 Å². The monoisotopic (exact) mass is 285 g/mol. The van der Waals surface area contributed by atoms with Gasteiger partial charge in [0.05, 0.1) is 22.5 Å². The first kappa shape index (κ1) is 14.4. The zero-order valence-corrected chi connectivity index (χ0v) is 11.4. The Morgan fingerprint density at radius 1 is 0.810 bits per heavy atom. The summed E-state index contributed by atoms with van der Waals surface area (Å²) >= 11 is 0. The Labute approximate surface area is 121 Å². The van der Waals surface area contributed by atoms with Crippen molar-refractivity contribution in [3.63, 3.8) is 0 Å². The van der Waals surface area contributed by atoms with Gasteiger partial charge in [-0.05, 0) is 48.9 Å². The van der Waals surface area contributed by atoms with E-state index in [1.807, 2.05) is 0 Å². The topological polar surface area (TPSA) is 121 Å². The summed E-state index contributed by atoms with van der Waals surface area (Å²) in [6, 6.07) is 8.91. The molecule has 0 aliphatic rings. The van der Waals surface area contributed by atoms with Gasteiger partial charge in [0.1, 0.15) is 0 Å². The van der Waals surface area contributed by atoms with Crippen LogP contribution in [-0.4, -0.2) is 11.9 Å². The lowest BCUT2D eigenvalue weighted by atomic mass is 10.1. The molecular weight excluding hydrogens is 270 g/mol. The molecule has 0 spiro atoms. The maximum absolute atomic E-state index is 11.9. The Hall–Kier alpha value is -3.02. The molecule has 0 fully saturated rings. The normalized spacial score (nSPS) is 10.1. The molecular formula is C15H15N3O3. The van der Waals surface area contributed by atoms with Crippen molar-refractivity contribution in [3.05, 3.63) is 53.1 Å². The Kier molecular flexibility index (Phi) is 3.80. The maximum atomic E-state index is 11.9. The molecule has 0 bridgehead atoms. The molecule has 0 saturated heterocycles. The van der Waals surface area contributed by atoms with Gasteiger partial charge in [-0.25, -0.2) is 9.59 Å². The molecule has 0 unspecified atom stereocenters. The second kappa shape index (κ2) is 5.54. The summed E-state index contributed by atoms with van der Waals surface area (Å²) in [6.45, 7) is 1.76. The summed E-state index contributed by atoms with van der Waals surface area (Å²) in [5.74, 6) is -1.54. The van der Waals surface area contributed by atoms with Gasteiger partial charge in [0.25, 0.3) is 0 Å². The first-order chi connectivity index (χ1) is 9.88. The molecule has 2 aromatic carbocycles. The quantitative estimate of drug-likeness (QED) is 0.439. The van der Waals surface area contributed by atoms with Gasteiger partial charge in [0.2, 0.25) is 0 Å². The number of anilines is 3. The van der Waals surface area contributed by atoms with Gasteiger partial charge in [-0.3, -0.25) is 0 Å². The molecule has 2 rings (SSSR count). The predicted molar refractivity (Wildman–Crippen MR) is 80.6 cm³/mol. The lowest BCUT2D eigenvalue weighted by molar-refractivity contribution is 0.0398. The summed E-state index contributed by atoms with van der Waals surface area (Å²) in [5, 5.41) is 0. The second-order valence-corrected chi connectivity index (χ2v) is 4.59. The van der Waals surface area contributed by atoms with Crippen molar-refractivity contribution >= 4 is 29.0 Å². The molecule has 6 heteroatoms. The van der Waals surface area contributed by atoms with E-state index in [2.05, 4.69) is 0 Å². The van der Waals surface area contributed by atoms with Gasteiger partial charge in [0, 0.05) is 5.69 Å². The Morgan fingerprint density at radius 2 is 1.33 bits per heavy atom. The van der Waals surface area contributed by atoms with Crippen LogP contribution < -0.4 is 17.2 Å². The van der Waals surface area contributed by atoms with Gasteiger partial charge >= 0.3 is 11.9 Å². The molecule has 0 aromatic heterocycles. The van der Waals surface area contributed by atoms with Crippen LogP contribution >= 0.6 is 0 Å². The van der Waals surface area contributed by atoms with E-state index in [1.165, 1.54) is 24.3 Å². The predicted octanol–water partition coefficient (Wildman–Crippen LogP) is 1.74. The highest BCUT2D eigenvalue weighted by atomic mass is 16.6. The van der Waals surface area contributed by atoms with Crippen LogP contribution in [0, 0.1) is 6.92 Å². The van der Waals surface area contributed by atoms with Crippen molar-refractivity contribution < 1.29 is 14.3 Å². The lowest BCUT2D eigenvalue weighted by Gasteiger charge is -2.06. The third kappa shape index (κ3) is 3.11. The highest BCUT2D eigenvalue weighted by molar-refractivity contribution is 6.03. The van der Waals surface area contributed by atoms with Crippen molar-refractivity contribution in [1.82, 2.24) is 0 Å². The molecule has 0 saturated carbocycles. The summed E-state index contributed by atoms with van der Waals surface area (Å²) in [7, 11) is 0. The number of nitrogen functional groups attached to an aromatic ring is 3. The Balaban J connectivity index is 2.16. The first-order valence-corrected chi connectivity index (χ1v) is 6.16. The highest BCUT2D eigenvalue weighted by Crippen LogP contribution is 2.18. The van der Waals surface area contributed by atoms with Crippen LogP contribution in [0.3, 0.4) is 0 Å². The molecule has 0 heterocycles. The van der Waals surface area contributed by atoms with E-state index in [9.17, 15) is 9.59 Å². The van der Waals surface area contributed by atoms with Crippen LogP contribution in [0.2, 0.25) is 0 Å². The summed E-state index contributed by atoms with van der Waals surface area (Å²) in [4.78, 5) is 23.8. The zero-order valence-electron chi connectivity index (χ0n) is 11.4. The van der Waals surface area contributed by atoms with Crippen LogP contribution in [0.1, 0.15) is 26.3 Å². The number of rotatable bonds is 2. The molecule has 21 heavy (non-hydrogen) atoms. The van der Waals surface area contributed by atoms with Crippen LogP contribution in [0.25, 0.3) is 0 Å². The van der Waals surface area contributed by atoms with E-state index in [0.717, 1.165) is 5.56 Å². The fourth-order valence-electron chi connectivity index (χ4n) is 1.71. The third-order valence-electron chi connectivity index (χ3n) is 3.01. The molecule has 6 N–H and O–H groups in total. The fraction of sp³-hybridized carbons (Fsp3) is 0.0667. The average molecular weight is 285 g/mol. The van der Waals surface area contributed by atoms with Crippen molar-refractivity contribution in [2.24, 2.45) is 0 Å². The van der Waals surface area contributed by atoms with E-state index in [-0.39, 0.29) is 16.8 Å². The van der Waals surface area contributed by atoms with Crippen LogP contribution in [-0.2, 0) is 4.74 Å². The number of benzene rings is 2. The maximum Gasteiger partial charge on any atom is 0.346 e. The summed E-state index contributed by atoms with van der Waals surface area (Å²) < 4.78 is 4.80. The van der Waals surface area contributed by atoms with Crippen LogP contribution in [0.5, 0.6) is 0 Å². The fourth-order valence-corrected chi connectivity index (χ4v) is 1.71. The average Bonchev–Trinajstić information content (AvgIpc) is 2.44. The number of carbonyl (C=O) groups excluding carboxylic acids is 2. The molecule has 108 valence electrons. The largest absolute Gasteiger partial charge is 0.399 e. The molecule has 0 aliphatic heterocycles. The van der Waals surface area contributed by atoms with Crippen molar-refractivity contribution in [2.45, 2.75) is 6.92 Å². The lowest BCUT2D eigenvalue weighted by Crippen LogP contribution is -2.13. The van der Waals surface area contributed by atoms with E-state index >= 15 is 0 Å². The van der Waals surface area contributed by atoms with E-state index in [0.29, 0.717) is 11.4 Å². The Bertz CT molecular complexity index is 665. The summed E-state index contributed by atoms with van der Waals surface area (Å²) in [5.41, 5.74) is 19.1. The van der Waals surface area contributed by atoms with E-state index in [4.69, 9.17) is 21.9 Å². The van der Waals surface area contributed by atoms with Gasteiger partial charge in [-0.1, -0.05) is 0 Å². The highest BCUT2D eigenvalue weighted by Gasteiger charge is 2.16. The smallest absolute Gasteiger partial charge is 0.346 e. The number of aryl methyl sites for hydroxylation is 1. The number of nitrogens with two attached hydrogens (primary N) is 3. The van der Waals surface area contributed by atoms with Gasteiger partial charge in [-0.2, -0.15) is 0 Å². The van der Waals surface area contributed by atoms with Crippen LogP contribution in [0.4, 0.5) is 17.1 Å². The first-order valence-electron chi connectivity index (χ1n) is 6.16. The number of carbonyl (C=O) groups is 2. The van der Waals surface area contributed by atoms with Gasteiger partial charge in [0.15, 0.2) is 0 Å². The molecule has 0 amide bonds. The second-order valence-electron chi connectivity index (χ2n) is 4.59. The van der Waals surface area contributed by atoms with Crippen molar-refractivity contribution in [1.29, 1.82) is 0 Å². The standard InChI is InChI=1S/C15H15N3O3/c1-8-6-9(2-4-11(8)16)14(19)21-15(20)10-3-5-12(17)13(18)7-10/h2-7H,16-18H2,1H3. The molecule has 0 radical (unpaired) electrons. The number of hydrogen-bond donors (Lipinski definition) is 3. The minimum absolute atomic E-state index is 0.155. The number of esters is 2. The van der Waals surface area contributed by atoms with Crippen LogP contribution in [0.15, 0.2) is 36.4 Å². The SMILES string of the molecule is Cc1cc(C(=O)OC(=O)c2ccc(N)c(N)c2)ccc1N. The van der Waals surface area contributed by atoms with Gasteiger partial charge in [-0.15, -0.1) is 0 Å².